The van der Waals surface area contributed by atoms with Crippen molar-refractivity contribution in [3.8, 4) is 0 Å². The average Bonchev–Trinajstić information content (AvgIpc) is 2.62. The van der Waals surface area contributed by atoms with E-state index in [-0.39, 0.29) is 11.3 Å². The van der Waals surface area contributed by atoms with E-state index in [1.54, 1.807) is 0 Å². The normalized spacial score (nSPS) is 18.1. The fraction of sp³-hybridized carbons (Fsp3) is 0.625. The van der Waals surface area contributed by atoms with Crippen molar-refractivity contribution in [3.05, 3.63) is 29.8 Å². The average molecular weight is 310 g/mol. The molecule has 0 aliphatic carbocycles. The monoisotopic (exact) mass is 310 g/mol. The first-order valence-electron chi connectivity index (χ1n) is 7.65. The van der Waals surface area contributed by atoms with Gasteiger partial charge in [0.05, 0.1) is 5.75 Å². The summed E-state index contributed by atoms with van der Waals surface area (Å²) in [7, 11) is -2.95. The number of nitrogens with one attached hydrogen (secondary N) is 1. The lowest BCUT2D eigenvalue weighted by Crippen LogP contribution is -2.51. The van der Waals surface area contributed by atoms with Gasteiger partial charge in [0.25, 0.3) is 0 Å². The number of rotatable bonds is 5. The van der Waals surface area contributed by atoms with Gasteiger partial charge in [0, 0.05) is 37.1 Å². The van der Waals surface area contributed by atoms with Crippen LogP contribution in [-0.2, 0) is 16.4 Å². The minimum atomic E-state index is -2.95. The minimum absolute atomic E-state index is 0.0521. The fourth-order valence-corrected chi connectivity index (χ4v) is 3.51. The van der Waals surface area contributed by atoms with E-state index in [1.165, 1.54) is 11.8 Å². The van der Waals surface area contributed by atoms with E-state index in [0.29, 0.717) is 6.54 Å². The van der Waals surface area contributed by atoms with E-state index in [1.807, 2.05) is 12.1 Å². The summed E-state index contributed by atoms with van der Waals surface area (Å²) in [5.41, 5.74) is 2.46. The molecular weight excluding hydrogens is 284 g/mol. The SMILES string of the molecule is CCC1(CC)CN(CCS(C)(=O)=O)c2ccccc2CN1. The van der Waals surface area contributed by atoms with Crippen LogP contribution in [0.25, 0.3) is 0 Å². The summed E-state index contributed by atoms with van der Waals surface area (Å²) >= 11 is 0. The van der Waals surface area contributed by atoms with Crippen LogP contribution in [0, 0.1) is 0 Å². The molecule has 0 saturated heterocycles. The molecule has 2 rings (SSSR count). The quantitative estimate of drug-likeness (QED) is 0.906. The lowest BCUT2D eigenvalue weighted by atomic mass is 9.92. The second-order valence-electron chi connectivity index (χ2n) is 6.02. The highest BCUT2D eigenvalue weighted by Crippen LogP contribution is 2.29. The Labute approximate surface area is 128 Å². The molecule has 0 bridgehead atoms. The van der Waals surface area contributed by atoms with Crippen molar-refractivity contribution < 1.29 is 8.42 Å². The number of hydrogen-bond acceptors (Lipinski definition) is 4. The zero-order valence-corrected chi connectivity index (χ0v) is 14.0. The molecule has 1 aromatic carbocycles. The number of hydrogen-bond donors (Lipinski definition) is 1. The summed E-state index contributed by atoms with van der Waals surface area (Å²) in [6.45, 7) is 6.64. The molecule has 0 saturated carbocycles. The van der Waals surface area contributed by atoms with E-state index in [9.17, 15) is 8.42 Å². The van der Waals surface area contributed by atoms with Gasteiger partial charge in [0.2, 0.25) is 0 Å². The van der Waals surface area contributed by atoms with E-state index >= 15 is 0 Å². The highest BCUT2D eigenvalue weighted by Gasteiger charge is 2.32. The third-order valence-corrected chi connectivity index (χ3v) is 5.49. The molecule has 0 spiro atoms. The number of anilines is 1. The first kappa shape index (κ1) is 16.3. The number of para-hydroxylation sites is 1. The van der Waals surface area contributed by atoms with Crippen LogP contribution in [0.5, 0.6) is 0 Å². The van der Waals surface area contributed by atoms with E-state index in [4.69, 9.17) is 0 Å². The Morgan fingerprint density at radius 1 is 1.24 bits per heavy atom. The Bertz CT molecular complexity index is 580. The van der Waals surface area contributed by atoms with Crippen LogP contribution in [-0.4, -0.2) is 39.1 Å². The predicted molar refractivity (Wildman–Crippen MR) is 88.5 cm³/mol. The standard InChI is InChI=1S/C16H26N2O2S/c1-4-16(5-2)13-18(10-11-21(3,19)20)15-9-7-6-8-14(15)12-17-16/h6-9,17H,4-5,10-13H2,1-3H3. The van der Waals surface area contributed by atoms with Gasteiger partial charge in [0.1, 0.15) is 9.84 Å². The number of fused-ring (bicyclic) bond motifs is 1. The molecule has 0 unspecified atom stereocenters. The van der Waals surface area contributed by atoms with Crippen molar-refractivity contribution in [2.45, 2.75) is 38.8 Å². The van der Waals surface area contributed by atoms with Gasteiger partial charge in [-0.3, -0.25) is 0 Å². The second-order valence-corrected chi connectivity index (χ2v) is 8.28. The summed E-state index contributed by atoms with van der Waals surface area (Å²) in [5, 5.41) is 3.69. The summed E-state index contributed by atoms with van der Waals surface area (Å²) in [6.07, 6.45) is 3.38. The Balaban J connectivity index is 2.31. The molecule has 1 aliphatic heterocycles. The van der Waals surface area contributed by atoms with Crippen molar-refractivity contribution in [1.29, 1.82) is 0 Å². The molecule has 1 aromatic rings. The lowest BCUT2D eigenvalue weighted by Gasteiger charge is -2.36. The molecule has 1 aliphatic rings. The second kappa shape index (κ2) is 6.36. The highest BCUT2D eigenvalue weighted by molar-refractivity contribution is 7.90. The molecule has 0 atom stereocenters. The summed E-state index contributed by atoms with van der Waals surface area (Å²) in [5.74, 6) is 0.199. The molecule has 0 amide bonds. The zero-order valence-electron chi connectivity index (χ0n) is 13.2. The summed E-state index contributed by atoms with van der Waals surface area (Å²) in [6, 6.07) is 8.29. The van der Waals surface area contributed by atoms with Gasteiger partial charge < -0.3 is 10.2 Å². The van der Waals surface area contributed by atoms with E-state index in [0.717, 1.165) is 31.6 Å². The number of nitrogens with zero attached hydrogens (tertiary/aromatic N) is 1. The van der Waals surface area contributed by atoms with E-state index < -0.39 is 9.84 Å². The van der Waals surface area contributed by atoms with Crippen LogP contribution in [0.3, 0.4) is 0 Å². The Kier molecular flexibility index (Phi) is 4.94. The van der Waals surface area contributed by atoms with Crippen molar-refractivity contribution >= 4 is 15.5 Å². The molecule has 21 heavy (non-hydrogen) atoms. The predicted octanol–water partition coefficient (Wildman–Crippen LogP) is 2.20. The molecular formula is C16H26N2O2S. The maximum Gasteiger partial charge on any atom is 0.149 e. The molecule has 5 heteroatoms. The van der Waals surface area contributed by atoms with Gasteiger partial charge in [-0.15, -0.1) is 0 Å². The van der Waals surface area contributed by atoms with Crippen LogP contribution >= 0.6 is 0 Å². The first-order valence-corrected chi connectivity index (χ1v) is 9.71. The van der Waals surface area contributed by atoms with Gasteiger partial charge >= 0.3 is 0 Å². The molecule has 0 radical (unpaired) electrons. The molecule has 1 heterocycles. The van der Waals surface area contributed by atoms with Crippen LogP contribution < -0.4 is 10.2 Å². The maximum absolute atomic E-state index is 11.5. The smallest absolute Gasteiger partial charge is 0.149 e. The van der Waals surface area contributed by atoms with Gasteiger partial charge in [-0.1, -0.05) is 32.0 Å². The minimum Gasteiger partial charge on any atom is -0.368 e. The summed E-state index contributed by atoms with van der Waals surface area (Å²) in [4.78, 5) is 2.24. The Morgan fingerprint density at radius 2 is 1.90 bits per heavy atom. The van der Waals surface area contributed by atoms with Gasteiger partial charge in [0.15, 0.2) is 0 Å². The molecule has 0 aromatic heterocycles. The molecule has 1 N–H and O–H groups in total. The van der Waals surface area contributed by atoms with Crippen molar-refractivity contribution in [1.82, 2.24) is 5.32 Å². The number of sulfone groups is 1. The third-order valence-electron chi connectivity index (χ3n) is 4.57. The molecule has 4 nitrogen and oxygen atoms in total. The van der Waals surface area contributed by atoms with Gasteiger partial charge in [-0.25, -0.2) is 8.42 Å². The Morgan fingerprint density at radius 3 is 2.52 bits per heavy atom. The molecule has 0 fully saturated rings. The van der Waals surface area contributed by atoms with Crippen molar-refractivity contribution in [3.63, 3.8) is 0 Å². The summed E-state index contributed by atoms with van der Waals surface area (Å²) < 4.78 is 23.1. The zero-order chi connectivity index (χ0) is 15.5. The van der Waals surface area contributed by atoms with Crippen LogP contribution in [0.2, 0.25) is 0 Å². The molecule has 118 valence electrons. The van der Waals surface area contributed by atoms with Crippen LogP contribution in [0.4, 0.5) is 5.69 Å². The largest absolute Gasteiger partial charge is 0.368 e. The van der Waals surface area contributed by atoms with E-state index in [2.05, 4.69) is 36.2 Å². The van der Waals surface area contributed by atoms with Crippen LogP contribution in [0.15, 0.2) is 24.3 Å². The fourth-order valence-electron chi connectivity index (χ4n) is 2.96. The first-order chi connectivity index (χ1) is 9.89. The topological polar surface area (TPSA) is 49.4 Å². The third kappa shape index (κ3) is 3.98. The van der Waals surface area contributed by atoms with Crippen molar-refractivity contribution in [2.75, 3.05) is 30.0 Å². The van der Waals surface area contributed by atoms with Crippen molar-refractivity contribution in [2.24, 2.45) is 0 Å². The highest BCUT2D eigenvalue weighted by atomic mass is 32.2. The maximum atomic E-state index is 11.5. The number of benzene rings is 1. The van der Waals surface area contributed by atoms with Gasteiger partial charge in [-0.05, 0) is 24.5 Å². The van der Waals surface area contributed by atoms with Gasteiger partial charge in [-0.2, -0.15) is 0 Å². The Hall–Kier alpha value is -1.07. The van der Waals surface area contributed by atoms with Crippen LogP contribution in [0.1, 0.15) is 32.3 Å². The lowest BCUT2D eigenvalue weighted by molar-refractivity contribution is 0.308.